The van der Waals surface area contributed by atoms with E-state index in [-0.39, 0.29) is 6.54 Å². The third-order valence-corrected chi connectivity index (χ3v) is 5.49. The van der Waals surface area contributed by atoms with Gasteiger partial charge in [-0.2, -0.15) is 0 Å². The summed E-state index contributed by atoms with van der Waals surface area (Å²) in [7, 11) is -3.80. The number of rotatable bonds is 4. The van der Waals surface area contributed by atoms with Crippen LogP contribution in [-0.2, 0) is 14.8 Å². The molecule has 2 aromatic carbocycles. The molecule has 0 fully saturated rings. The number of nitrogens with zero attached hydrogens (tertiary/aromatic N) is 1. The van der Waals surface area contributed by atoms with Crippen molar-refractivity contribution in [3.05, 3.63) is 70.1 Å². The molecule has 124 valence electrons. The molecule has 0 spiro atoms. The summed E-state index contributed by atoms with van der Waals surface area (Å²) in [5, 5.41) is 10.9. The maximum absolute atomic E-state index is 12.6. The van der Waals surface area contributed by atoms with Crippen LogP contribution in [0, 0.1) is 0 Å². The maximum atomic E-state index is 12.6. The second kappa shape index (κ2) is 6.30. The van der Waals surface area contributed by atoms with Crippen molar-refractivity contribution in [2.45, 2.75) is 5.92 Å². The van der Waals surface area contributed by atoms with E-state index in [2.05, 4.69) is 0 Å². The Morgan fingerprint density at radius 3 is 2.67 bits per heavy atom. The van der Waals surface area contributed by atoms with E-state index in [1.807, 2.05) is 0 Å². The van der Waals surface area contributed by atoms with Crippen molar-refractivity contribution in [2.75, 3.05) is 10.8 Å². The highest BCUT2D eigenvalue weighted by molar-refractivity contribution is 7.95. The molecule has 24 heavy (non-hydrogen) atoms. The van der Waals surface area contributed by atoms with E-state index < -0.39 is 21.9 Å². The molecule has 1 aliphatic heterocycles. The molecule has 0 bridgehead atoms. The quantitative estimate of drug-likeness (QED) is 0.904. The number of benzene rings is 2. The second-order valence-corrected chi connectivity index (χ2v) is 7.56. The van der Waals surface area contributed by atoms with Crippen molar-refractivity contribution >= 4 is 39.4 Å². The third kappa shape index (κ3) is 3.16. The lowest BCUT2D eigenvalue weighted by Crippen LogP contribution is -2.29. The Bertz CT molecular complexity index is 924. The maximum Gasteiger partial charge on any atom is 0.312 e. The number of halogens is 1. The number of hydrogen-bond donors (Lipinski definition) is 1. The van der Waals surface area contributed by atoms with Crippen LogP contribution >= 0.6 is 11.6 Å². The fourth-order valence-electron chi connectivity index (χ4n) is 2.67. The Morgan fingerprint density at radius 1 is 1.21 bits per heavy atom. The summed E-state index contributed by atoms with van der Waals surface area (Å²) < 4.78 is 26.4. The molecule has 1 aliphatic rings. The summed E-state index contributed by atoms with van der Waals surface area (Å²) in [5.74, 6) is -1.91. The highest BCUT2D eigenvalue weighted by Crippen LogP contribution is 2.38. The highest BCUT2D eigenvalue weighted by atomic mass is 35.5. The Labute approximate surface area is 144 Å². The third-order valence-electron chi connectivity index (χ3n) is 3.82. The topological polar surface area (TPSA) is 74.7 Å². The minimum absolute atomic E-state index is 0.114. The first-order valence-electron chi connectivity index (χ1n) is 7.16. The summed E-state index contributed by atoms with van der Waals surface area (Å²) in [4.78, 5) is 11.4. The first-order chi connectivity index (χ1) is 11.4. The van der Waals surface area contributed by atoms with Crippen LogP contribution in [0.3, 0.4) is 0 Å². The number of hydrogen-bond acceptors (Lipinski definition) is 3. The first-order valence-corrected chi connectivity index (χ1v) is 9.05. The second-order valence-electron chi connectivity index (χ2n) is 5.38. The van der Waals surface area contributed by atoms with Crippen LogP contribution < -0.4 is 4.31 Å². The van der Waals surface area contributed by atoms with E-state index in [0.717, 1.165) is 9.71 Å². The minimum atomic E-state index is -3.80. The lowest BCUT2D eigenvalue weighted by Gasteiger charge is -2.17. The molecule has 0 aliphatic carbocycles. The van der Waals surface area contributed by atoms with Crippen LogP contribution in [0.15, 0.2) is 53.9 Å². The molecule has 0 radical (unpaired) electrons. The number of sulfonamides is 1. The van der Waals surface area contributed by atoms with Crippen molar-refractivity contribution < 1.29 is 18.3 Å². The number of anilines is 1. The molecule has 0 aromatic heterocycles. The minimum Gasteiger partial charge on any atom is -0.481 e. The molecule has 2 aromatic rings. The number of aliphatic carboxylic acids is 1. The van der Waals surface area contributed by atoms with Gasteiger partial charge in [0.25, 0.3) is 10.0 Å². The van der Waals surface area contributed by atoms with Crippen molar-refractivity contribution in [2.24, 2.45) is 0 Å². The zero-order valence-electron chi connectivity index (χ0n) is 12.5. The van der Waals surface area contributed by atoms with Gasteiger partial charge in [0.1, 0.15) is 5.92 Å². The Hall–Kier alpha value is -2.31. The molecule has 7 heteroatoms. The van der Waals surface area contributed by atoms with Gasteiger partial charge in [-0.15, -0.1) is 0 Å². The van der Waals surface area contributed by atoms with Crippen molar-refractivity contribution in [3.63, 3.8) is 0 Å². The molecule has 0 saturated heterocycles. The van der Waals surface area contributed by atoms with Crippen molar-refractivity contribution in [1.29, 1.82) is 0 Å². The normalized spacial score (nSPS) is 17.2. The predicted molar refractivity (Wildman–Crippen MR) is 93.6 cm³/mol. The summed E-state index contributed by atoms with van der Waals surface area (Å²) in [6, 6.07) is 13.4. The zero-order valence-corrected chi connectivity index (χ0v) is 14.0. The fraction of sp³-hybridized carbons (Fsp3) is 0.118. The number of carboxylic acid groups (broad SMARTS) is 1. The van der Waals surface area contributed by atoms with Crippen LogP contribution in [0.25, 0.3) is 6.08 Å². The fourth-order valence-corrected chi connectivity index (χ4v) is 4.14. The van der Waals surface area contributed by atoms with Crippen LogP contribution in [0.1, 0.15) is 17.0 Å². The molecule has 1 N–H and O–H groups in total. The zero-order chi connectivity index (χ0) is 17.3. The van der Waals surface area contributed by atoms with Gasteiger partial charge in [-0.25, -0.2) is 8.42 Å². The molecule has 1 heterocycles. The summed E-state index contributed by atoms with van der Waals surface area (Å²) >= 11 is 5.88. The van der Waals surface area contributed by atoms with E-state index in [1.54, 1.807) is 48.5 Å². The largest absolute Gasteiger partial charge is 0.481 e. The van der Waals surface area contributed by atoms with Crippen LogP contribution in [-0.4, -0.2) is 26.0 Å². The smallest absolute Gasteiger partial charge is 0.312 e. The van der Waals surface area contributed by atoms with Crippen molar-refractivity contribution in [3.8, 4) is 0 Å². The summed E-state index contributed by atoms with van der Waals surface area (Å²) in [5.41, 5.74) is 1.55. The summed E-state index contributed by atoms with van der Waals surface area (Å²) in [6.07, 6.45) is 1.44. The van der Waals surface area contributed by atoms with E-state index in [1.165, 1.54) is 6.08 Å². The molecular weight excluding hydrogens is 350 g/mol. The van der Waals surface area contributed by atoms with Gasteiger partial charge in [-0.1, -0.05) is 41.9 Å². The van der Waals surface area contributed by atoms with Gasteiger partial charge in [0, 0.05) is 5.02 Å². The van der Waals surface area contributed by atoms with Crippen LogP contribution in [0.4, 0.5) is 5.69 Å². The average Bonchev–Trinajstić information content (AvgIpc) is 2.94. The first kappa shape index (κ1) is 16.5. The summed E-state index contributed by atoms with van der Waals surface area (Å²) in [6.45, 7) is -0.114. The molecule has 0 unspecified atom stereocenters. The van der Waals surface area contributed by atoms with Gasteiger partial charge >= 0.3 is 5.97 Å². The number of carboxylic acids is 1. The van der Waals surface area contributed by atoms with E-state index in [9.17, 15) is 18.3 Å². The van der Waals surface area contributed by atoms with Gasteiger partial charge in [0.05, 0.1) is 17.6 Å². The standard InChI is InChI=1S/C17H14ClNO4S/c18-13-5-3-4-12(10-13)8-9-24(22,23)19-11-15(17(20)21)14-6-1-2-7-16(14)19/h1-10,15H,11H2,(H,20,21)/b9-8+/t15-/m0/s1. The van der Waals surface area contributed by atoms with Gasteiger partial charge in [0.2, 0.25) is 0 Å². The lowest BCUT2D eigenvalue weighted by atomic mass is 10.0. The van der Waals surface area contributed by atoms with Gasteiger partial charge in [-0.05, 0) is 35.4 Å². The van der Waals surface area contributed by atoms with Crippen LogP contribution in [0.5, 0.6) is 0 Å². The van der Waals surface area contributed by atoms with Gasteiger partial charge in [-0.3, -0.25) is 9.10 Å². The highest BCUT2D eigenvalue weighted by Gasteiger charge is 2.38. The lowest BCUT2D eigenvalue weighted by molar-refractivity contribution is -0.138. The van der Waals surface area contributed by atoms with E-state index >= 15 is 0 Å². The molecule has 5 nitrogen and oxygen atoms in total. The van der Waals surface area contributed by atoms with Crippen molar-refractivity contribution in [1.82, 2.24) is 0 Å². The molecule has 0 saturated carbocycles. The monoisotopic (exact) mass is 363 g/mol. The molecule has 3 rings (SSSR count). The van der Waals surface area contributed by atoms with Crippen LogP contribution in [0.2, 0.25) is 5.02 Å². The Balaban J connectivity index is 1.95. The average molecular weight is 364 g/mol. The number of carbonyl (C=O) groups is 1. The molecule has 0 amide bonds. The SMILES string of the molecule is O=C(O)[C@H]1CN(S(=O)(=O)/C=C/c2cccc(Cl)c2)c2ccccc21. The molecule has 1 atom stereocenters. The predicted octanol–water partition coefficient (Wildman–Crippen LogP) is 3.33. The van der Waals surface area contributed by atoms with Gasteiger partial charge < -0.3 is 5.11 Å². The van der Waals surface area contributed by atoms with Gasteiger partial charge in [0.15, 0.2) is 0 Å². The number of para-hydroxylation sites is 1. The Morgan fingerprint density at radius 2 is 1.96 bits per heavy atom. The molecular formula is C17H14ClNO4S. The number of fused-ring (bicyclic) bond motifs is 1. The van der Waals surface area contributed by atoms with E-state index in [0.29, 0.717) is 21.8 Å². The van der Waals surface area contributed by atoms with E-state index in [4.69, 9.17) is 11.6 Å². The Kier molecular flexibility index (Phi) is 4.34.